The van der Waals surface area contributed by atoms with Gasteiger partial charge >= 0.3 is 0 Å². The highest BCUT2D eigenvalue weighted by molar-refractivity contribution is 7.89. The molecular formula is C22H23FN3O2S2. The maximum absolute atomic E-state index is 13.4. The Kier molecular flexibility index (Phi) is 6.17. The number of nitrogens with one attached hydrogen (secondary N) is 1. The molecule has 1 fully saturated rings. The van der Waals surface area contributed by atoms with E-state index >= 15 is 0 Å². The van der Waals surface area contributed by atoms with Gasteiger partial charge in [0, 0.05) is 25.8 Å². The summed E-state index contributed by atoms with van der Waals surface area (Å²) >= 11 is 1.61. The van der Waals surface area contributed by atoms with E-state index in [2.05, 4.69) is 22.4 Å². The second-order valence-electron chi connectivity index (χ2n) is 7.42. The number of benzene rings is 2. The monoisotopic (exact) mass is 444 g/mol. The summed E-state index contributed by atoms with van der Waals surface area (Å²) in [6, 6.07) is 14.3. The van der Waals surface area contributed by atoms with E-state index in [1.54, 1.807) is 11.3 Å². The minimum atomic E-state index is -3.65. The minimum Gasteiger partial charge on any atom is -0.361 e. The van der Waals surface area contributed by atoms with Crippen LogP contribution in [0.15, 0.2) is 53.6 Å². The van der Waals surface area contributed by atoms with Crippen molar-refractivity contribution >= 4 is 26.5 Å². The van der Waals surface area contributed by atoms with E-state index in [0.29, 0.717) is 19.0 Å². The van der Waals surface area contributed by atoms with Crippen LogP contribution in [0.2, 0.25) is 0 Å². The van der Waals surface area contributed by atoms with E-state index in [-0.39, 0.29) is 4.90 Å². The Morgan fingerprint density at radius 2 is 2.07 bits per heavy atom. The molecule has 0 amide bonds. The first kappa shape index (κ1) is 21.0. The van der Waals surface area contributed by atoms with Crippen molar-refractivity contribution < 1.29 is 12.8 Å². The van der Waals surface area contributed by atoms with Gasteiger partial charge in [-0.1, -0.05) is 35.6 Å². The van der Waals surface area contributed by atoms with Crippen molar-refractivity contribution in [3.05, 3.63) is 66.1 Å². The lowest BCUT2D eigenvalue weighted by Crippen LogP contribution is -2.39. The fourth-order valence-corrected chi connectivity index (χ4v) is 6.04. The second kappa shape index (κ2) is 8.83. The summed E-state index contributed by atoms with van der Waals surface area (Å²) in [5, 5.41) is 4.26. The van der Waals surface area contributed by atoms with Crippen molar-refractivity contribution in [3.63, 3.8) is 0 Å². The molecular weight excluding hydrogens is 421 g/mol. The normalized spacial score (nSPS) is 15.9. The lowest BCUT2D eigenvalue weighted by Gasteiger charge is -2.31. The predicted molar refractivity (Wildman–Crippen MR) is 117 cm³/mol. The Bertz CT molecular complexity index is 1120. The fraction of sp³-hybridized carbons (Fsp3) is 0.318. The molecule has 2 heterocycles. The number of anilines is 1. The molecule has 3 aromatic rings. The van der Waals surface area contributed by atoms with Crippen molar-refractivity contribution in [1.82, 2.24) is 9.29 Å². The number of hydrogen-bond donors (Lipinski definition) is 1. The molecule has 2 aromatic carbocycles. The first-order valence-electron chi connectivity index (χ1n) is 9.86. The Hall–Kier alpha value is -2.29. The van der Waals surface area contributed by atoms with Crippen LogP contribution >= 0.6 is 11.3 Å². The van der Waals surface area contributed by atoms with Crippen LogP contribution in [-0.2, 0) is 10.0 Å². The molecule has 5 nitrogen and oxygen atoms in total. The van der Waals surface area contributed by atoms with Crippen molar-refractivity contribution in [2.45, 2.75) is 24.7 Å². The SMILES string of the molecule is Cc1[c]cccc1-c1cnc(NCC2CCN(S(=O)(=O)c3cccc(F)c3)CC2)s1. The van der Waals surface area contributed by atoms with Gasteiger partial charge in [-0.05, 0) is 61.1 Å². The van der Waals surface area contributed by atoms with Crippen LogP contribution in [-0.4, -0.2) is 37.3 Å². The van der Waals surface area contributed by atoms with E-state index in [4.69, 9.17) is 0 Å². The second-order valence-corrected chi connectivity index (χ2v) is 10.4. The molecule has 1 aromatic heterocycles. The quantitative estimate of drug-likeness (QED) is 0.605. The summed E-state index contributed by atoms with van der Waals surface area (Å²) in [6.45, 7) is 3.66. The van der Waals surface area contributed by atoms with E-state index < -0.39 is 15.8 Å². The number of sulfonamides is 1. The van der Waals surface area contributed by atoms with Crippen LogP contribution in [0.3, 0.4) is 0 Å². The predicted octanol–water partition coefficient (Wildman–Crippen LogP) is 4.57. The third-order valence-electron chi connectivity index (χ3n) is 5.38. The van der Waals surface area contributed by atoms with Gasteiger partial charge < -0.3 is 5.32 Å². The molecule has 1 N–H and O–H groups in total. The molecule has 0 aliphatic carbocycles. The number of rotatable bonds is 6. The Balaban J connectivity index is 1.32. The van der Waals surface area contributed by atoms with Gasteiger partial charge in [-0.2, -0.15) is 4.31 Å². The first-order chi connectivity index (χ1) is 14.4. The Morgan fingerprint density at radius 1 is 1.27 bits per heavy atom. The molecule has 0 bridgehead atoms. The summed E-state index contributed by atoms with van der Waals surface area (Å²) in [6.07, 6.45) is 3.39. The number of thiazole rings is 1. The van der Waals surface area contributed by atoms with Crippen LogP contribution < -0.4 is 5.32 Å². The van der Waals surface area contributed by atoms with Crippen LogP contribution in [0.1, 0.15) is 18.4 Å². The van der Waals surface area contributed by atoms with Gasteiger partial charge in [0.15, 0.2) is 5.13 Å². The summed E-state index contributed by atoms with van der Waals surface area (Å²) in [5.74, 6) is -0.176. The molecule has 1 saturated heterocycles. The zero-order valence-corrected chi connectivity index (χ0v) is 18.3. The number of nitrogens with zero attached hydrogens (tertiary/aromatic N) is 2. The van der Waals surface area contributed by atoms with Crippen molar-refractivity contribution in [2.75, 3.05) is 25.0 Å². The number of piperidine rings is 1. The first-order valence-corrected chi connectivity index (χ1v) is 12.1. The molecule has 8 heteroatoms. The van der Waals surface area contributed by atoms with Crippen LogP contribution in [0.5, 0.6) is 0 Å². The lowest BCUT2D eigenvalue weighted by molar-refractivity contribution is 0.282. The molecule has 1 aliphatic rings. The molecule has 1 aliphatic heterocycles. The van der Waals surface area contributed by atoms with E-state index in [1.807, 2.05) is 25.3 Å². The fourth-order valence-electron chi connectivity index (χ4n) is 3.63. The maximum atomic E-state index is 13.4. The third kappa shape index (κ3) is 4.55. The molecule has 4 rings (SSSR count). The van der Waals surface area contributed by atoms with Crippen LogP contribution in [0, 0.1) is 24.7 Å². The summed E-state index contributed by atoms with van der Waals surface area (Å²) < 4.78 is 40.3. The van der Waals surface area contributed by atoms with Crippen molar-refractivity contribution in [1.29, 1.82) is 0 Å². The zero-order valence-electron chi connectivity index (χ0n) is 16.6. The molecule has 1 radical (unpaired) electrons. The smallest absolute Gasteiger partial charge is 0.243 e. The van der Waals surface area contributed by atoms with Gasteiger partial charge in [-0.3, -0.25) is 0 Å². The number of aryl methyl sites for hydroxylation is 1. The van der Waals surface area contributed by atoms with Gasteiger partial charge in [0.05, 0.1) is 9.77 Å². The van der Waals surface area contributed by atoms with Crippen molar-refractivity contribution in [2.24, 2.45) is 5.92 Å². The average Bonchev–Trinajstić information content (AvgIpc) is 3.22. The van der Waals surface area contributed by atoms with Gasteiger partial charge in [0.1, 0.15) is 5.82 Å². The average molecular weight is 445 g/mol. The van der Waals surface area contributed by atoms with Crippen molar-refractivity contribution in [3.8, 4) is 10.4 Å². The maximum Gasteiger partial charge on any atom is 0.243 e. The van der Waals surface area contributed by atoms with E-state index in [9.17, 15) is 12.8 Å². The third-order valence-corrected chi connectivity index (χ3v) is 8.27. The van der Waals surface area contributed by atoms with Crippen LogP contribution in [0.4, 0.5) is 9.52 Å². The molecule has 0 spiro atoms. The summed E-state index contributed by atoms with van der Waals surface area (Å²) in [4.78, 5) is 5.59. The zero-order chi connectivity index (χ0) is 21.1. The molecule has 0 saturated carbocycles. The van der Waals surface area contributed by atoms with E-state index in [0.717, 1.165) is 46.6 Å². The largest absolute Gasteiger partial charge is 0.361 e. The van der Waals surface area contributed by atoms with Gasteiger partial charge in [-0.25, -0.2) is 17.8 Å². The number of aromatic nitrogens is 1. The Morgan fingerprint density at radius 3 is 2.80 bits per heavy atom. The highest BCUT2D eigenvalue weighted by Crippen LogP contribution is 2.31. The molecule has 30 heavy (non-hydrogen) atoms. The summed E-state index contributed by atoms with van der Waals surface area (Å²) in [7, 11) is -3.65. The van der Waals surface area contributed by atoms with Gasteiger partial charge in [0.2, 0.25) is 10.0 Å². The number of hydrogen-bond acceptors (Lipinski definition) is 5. The lowest BCUT2D eigenvalue weighted by atomic mass is 9.98. The highest BCUT2D eigenvalue weighted by Gasteiger charge is 2.29. The summed E-state index contributed by atoms with van der Waals surface area (Å²) in [5.41, 5.74) is 2.23. The molecule has 0 unspecified atom stereocenters. The molecule has 157 valence electrons. The molecule has 0 atom stereocenters. The van der Waals surface area contributed by atoms with Gasteiger partial charge in [0.25, 0.3) is 0 Å². The topological polar surface area (TPSA) is 62.3 Å². The number of halogens is 1. The van der Waals surface area contributed by atoms with Crippen LogP contribution in [0.25, 0.3) is 10.4 Å². The Labute approximate surface area is 180 Å². The highest BCUT2D eigenvalue weighted by atomic mass is 32.2. The van der Waals surface area contributed by atoms with Gasteiger partial charge in [-0.15, -0.1) is 0 Å². The minimum absolute atomic E-state index is 0.0165. The standard InChI is InChI=1S/C22H23FN3O2S2/c1-16-5-2-3-8-20(16)21-15-25-22(29-21)24-14-17-9-11-26(12-10-17)30(27,28)19-7-4-6-18(23)13-19/h2-4,6-8,13,15,17H,9-12,14H2,1H3,(H,24,25). The van der Waals surface area contributed by atoms with E-state index in [1.165, 1.54) is 22.5 Å².